The van der Waals surface area contributed by atoms with E-state index >= 15 is 0 Å². The normalized spacial score (nSPS) is 10.9. The van der Waals surface area contributed by atoms with Gasteiger partial charge in [-0.1, -0.05) is 103 Å². The molecule has 2 aromatic heterocycles. The number of hydrogen-bond donors (Lipinski definition) is 0. The Hall–Kier alpha value is -5.00. The van der Waals surface area contributed by atoms with Crippen LogP contribution in [0.1, 0.15) is 0 Å². The van der Waals surface area contributed by atoms with Crippen molar-refractivity contribution in [2.75, 3.05) is 0 Å². The molecule has 0 saturated carbocycles. The molecule has 5 aromatic carbocycles. The van der Waals surface area contributed by atoms with Crippen molar-refractivity contribution in [1.82, 2.24) is 0 Å². The highest BCUT2D eigenvalue weighted by atomic mass is 32.1. The minimum Gasteiger partial charge on any atom is -0.239 e. The van der Waals surface area contributed by atoms with Crippen molar-refractivity contribution < 1.29 is 0 Å². The predicted octanol–water partition coefficient (Wildman–Crippen LogP) is 11.9. The fourth-order valence-corrected chi connectivity index (χ4v) is 7.58. The maximum Gasteiger partial charge on any atom is 0.177 e. The van der Waals surface area contributed by atoms with Crippen molar-refractivity contribution in [2.45, 2.75) is 0 Å². The number of rotatable bonds is 4. The van der Waals surface area contributed by atoms with Gasteiger partial charge in [0, 0.05) is 36.2 Å². The van der Waals surface area contributed by atoms with Crippen molar-refractivity contribution in [1.29, 1.82) is 0 Å². The van der Waals surface area contributed by atoms with E-state index in [4.69, 9.17) is 13.1 Å². The zero-order chi connectivity index (χ0) is 27.1. The van der Waals surface area contributed by atoms with E-state index in [9.17, 15) is 0 Å². The summed E-state index contributed by atoms with van der Waals surface area (Å²) in [4.78, 5) is 8.31. The molecule has 186 valence electrons. The standard InChI is InChI=1S/C36H20N2S2/c1-37-28-19-27(20-29(21-28)38-2)23-13-15-24(16-14-23)32-22-31-34(26-11-7-4-8-12-26)35-30(17-18-39-35)33(36(31)40-32)25-9-5-3-6-10-25/h3-22H. The van der Waals surface area contributed by atoms with E-state index in [2.05, 4.69) is 112 Å². The molecule has 0 N–H and O–H groups in total. The second-order valence-electron chi connectivity index (χ2n) is 9.54. The van der Waals surface area contributed by atoms with E-state index in [0.717, 1.165) is 16.7 Å². The van der Waals surface area contributed by atoms with Gasteiger partial charge >= 0.3 is 0 Å². The molecule has 0 aliphatic carbocycles. The molecular formula is C36H20N2S2. The van der Waals surface area contributed by atoms with E-state index in [-0.39, 0.29) is 0 Å². The van der Waals surface area contributed by atoms with Gasteiger partial charge in [0.2, 0.25) is 0 Å². The van der Waals surface area contributed by atoms with Crippen molar-refractivity contribution in [3.8, 4) is 43.8 Å². The number of fused-ring (bicyclic) bond motifs is 2. The van der Waals surface area contributed by atoms with Crippen LogP contribution in [0.3, 0.4) is 0 Å². The van der Waals surface area contributed by atoms with Crippen LogP contribution in [-0.4, -0.2) is 0 Å². The molecule has 0 saturated heterocycles. The van der Waals surface area contributed by atoms with Gasteiger partial charge in [-0.2, -0.15) is 0 Å². The lowest BCUT2D eigenvalue weighted by molar-refractivity contribution is 1.62. The predicted molar refractivity (Wildman–Crippen MR) is 171 cm³/mol. The molecule has 4 heteroatoms. The quantitative estimate of drug-likeness (QED) is 0.195. The lowest BCUT2D eigenvalue weighted by Crippen LogP contribution is -1.84. The zero-order valence-corrected chi connectivity index (χ0v) is 22.9. The lowest BCUT2D eigenvalue weighted by Gasteiger charge is -2.12. The van der Waals surface area contributed by atoms with Crippen LogP contribution in [0.2, 0.25) is 0 Å². The summed E-state index contributed by atoms with van der Waals surface area (Å²) in [6.45, 7) is 14.8. The molecule has 0 aliphatic rings. The average molecular weight is 545 g/mol. The summed E-state index contributed by atoms with van der Waals surface area (Å²) >= 11 is 3.64. The molecule has 2 nitrogen and oxygen atoms in total. The Morgan fingerprint density at radius 1 is 0.475 bits per heavy atom. The maximum atomic E-state index is 7.40. The van der Waals surface area contributed by atoms with Crippen LogP contribution in [0, 0.1) is 13.1 Å². The molecule has 0 aliphatic heterocycles. The van der Waals surface area contributed by atoms with Crippen LogP contribution in [0.15, 0.2) is 121 Å². The number of benzene rings is 5. The molecule has 7 aromatic rings. The van der Waals surface area contributed by atoms with Gasteiger partial charge in [-0.15, -0.1) is 22.7 Å². The summed E-state index contributed by atoms with van der Waals surface area (Å²) in [6.07, 6.45) is 0. The summed E-state index contributed by atoms with van der Waals surface area (Å²) < 4.78 is 2.61. The first-order chi connectivity index (χ1) is 19.7. The highest BCUT2D eigenvalue weighted by molar-refractivity contribution is 7.23. The minimum absolute atomic E-state index is 0.485. The first kappa shape index (κ1) is 24.1. The number of thiophene rings is 2. The van der Waals surface area contributed by atoms with Crippen molar-refractivity contribution in [2.24, 2.45) is 0 Å². The Kier molecular flexibility index (Phi) is 5.99. The summed E-state index contributed by atoms with van der Waals surface area (Å²) in [7, 11) is 0. The second kappa shape index (κ2) is 9.95. The van der Waals surface area contributed by atoms with E-state index in [1.807, 2.05) is 23.5 Å². The molecule has 40 heavy (non-hydrogen) atoms. The lowest BCUT2D eigenvalue weighted by atomic mass is 9.93. The van der Waals surface area contributed by atoms with E-state index in [0.29, 0.717) is 11.4 Å². The Morgan fingerprint density at radius 2 is 1.05 bits per heavy atom. The molecule has 0 radical (unpaired) electrons. The van der Waals surface area contributed by atoms with Crippen LogP contribution in [0.4, 0.5) is 11.4 Å². The second-order valence-corrected chi connectivity index (χ2v) is 11.5. The molecule has 0 spiro atoms. The van der Waals surface area contributed by atoms with Gasteiger partial charge in [0.25, 0.3) is 0 Å². The summed E-state index contributed by atoms with van der Waals surface area (Å²) in [6, 6.07) is 39.8. The first-order valence-corrected chi connectivity index (χ1v) is 14.5. The summed E-state index contributed by atoms with van der Waals surface area (Å²) in [5.41, 5.74) is 9.06. The highest BCUT2D eigenvalue weighted by Gasteiger charge is 2.20. The Labute approximate surface area is 240 Å². The fraction of sp³-hybridized carbons (Fsp3) is 0. The minimum atomic E-state index is 0.485. The molecule has 7 rings (SSSR count). The third-order valence-corrected chi connectivity index (χ3v) is 9.31. The molecule has 0 atom stereocenters. The van der Waals surface area contributed by atoms with Gasteiger partial charge in [0.05, 0.1) is 13.1 Å². The molecule has 0 amide bonds. The van der Waals surface area contributed by atoms with Crippen molar-refractivity contribution in [3.63, 3.8) is 0 Å². The van der Waals surface area contributed by atoms with Crippen LogP contribution in [0.5, 0.6) is 0 Å². The molecule has 0 unspecified atom stereocenters. The highest BCUT2D eigenvalue weighted by Crippen LogP contribution is 2.50. The first-order valence-electron chi connectivity index (χ1n) is 12.8. The number of nitrogens with zero attached hydrogens (tertiary/aromatic N) is 2. The van der Waals surface area contributed by atoms with Crippen molar-refractivity contribution >= 4 is 54.2 Å². The van der Waals surface area contributed by atoms with E-state index < -0.39 is 0 Å². The Bertz CT molecular complexity index is 1980. The fourth-order valence-electron chi connectivity index (χ4n) is 5.35. The smallest absolute Gasteiger partial charge is 0.177 e. The zero-order valence-electron chi connectivity index (χ0n) is 21.3. The Balaban J connectivity index is 1.43. The topological polar surface area (TPSA) is 8.72 Å². The molecular weight excluding hydrogens is 525 g/mol. The maximum absolute atomic E-state index is 7.40. The van der Waals surface area contributed by atoms with Crippen molar-refractivity contribution in [3.05, 3.63) is 143 Å². The largest absolute Gasteiger partial charge is 0.239 e. The Morgan fingerprint density at radius 3 is 1.65 bits per heavy atom. The molecule has 0 fully saturated rings. The molecule has 2 heterocycles. The van der Waals surface area contributed by atoms with Gasteiger partial charge in [-0.05, 0) is 45.3 Å². The van der Waals surface area contributed by atoms with Gasteiger partial charge in [0.15, 0.2) is 11.4 Å². The van der Waals surface area contributed by atoms with Gasteiger partial charge in [-0.25, -0.2) is 9.69 Å². The van der Waals surface area contributed by atoms with E-state index in [1.165, 1.54) is 47.3 Å². The van der Waals surface area contributed by atoms with Crippen LogP contribution >= 0.6 is 22.7 Å². The van der Waals surface area contributed by atoms with Gasteiger partial charge in [-0.3, -0.25) is 0 Å². The molecule has 0 bridgehead atoms. The van der Waals surface area contributed by atoms with E-state index in [1.54, 1.807) is 17.4 Å². The number of hydrogen-bond acceptors (Lipinski definition) is 2. The monoisotopic (exact) mass is 544 g/mol. The summed E-state index contributed by atoms with van der Waals surface area (Å²) in [5.74, 6) is 0. The van der Waals surface area contributed by atoms with Crippen LogP contribution in [0.25, 0.3) is 73.7 Å². The third-order valence-electron chi connectivity index (χ3n) is 7.18. The van der Waals surface area contributed by atoms with Gasteiger partial charge in [0.1, 0.15) is 0 Å². The summed E-state index contributed by atoms with van der Waals surface area (Å²) in [5, 5.41) is 4.77. The van der Waals surface area contributed by atoms with Crippen LogP contribution < -0.4 is 0 Å². The third kappa shape index (κ3) is 4.08. The van der Waals surface area contributed by atoms with Gasteiger partial charge < -0.3 is 0 Å². The SMILES string of the molecule is [C-]#[N+]c1cc([N+]#[C-])cc(-c2ccc(-c3cc4c(-c5ccccc5)c5sccc5c(-c5ccccc5)c4s3)cc2)c1. The average Bonchev–Trinajstić information content (AvgIpc) is 3.68. The van der Waals surface area contributed by atoms with Crippen LogP contribution in [-0.2, 0) is 0 Å².